The average molecular weight is 257 g/mol. The Bertz CT molecular complexity index is 512. The molecule has 1 aromatic carbocycles. The first-order chi connectivity index (χ1) is 8.80. The first kappa shape index (κ1) is 11.9. The third-order valence-corrected chi connectivity index (χ3v) is 4.85. The Morgan fingerprint density at radius 1 is 1.22 bits per heavy atom. The van der Waals surface area contributed by atoms with Crippen molar-refractivity contribution in [3.63, 3.8) is 0 Å². The van der Waals surface area contributed by atoms with Gasteiger partial charge in [0.15, 0.2) is 0 Å². The van der Waals surface area contributed by atoms with Crippen LogP contribution >= 0.6 is 11.3 Å². The summed E-state index contributed by atoms with van der Waals surface area (Å²) in [5.74, 6) is 0. The van der Waals surface area contributed by atoms with Crippen LogP contribution in [0.5, 0.6) is 0 Å². The maximum absolute atomic E-state index is 3.46. The Morgan fingerprint density at radius 3 is 2.67 bits per heavy atom. The van der Waals surface area contributed by atoms with Crippen LogP contribution in [0.25, 0.3) is 0 Å². The van der Waals surface area contributed by atoms with Gasteiger partial charge in [-0.1, -0.05) is 24.3 Å². The Labute approximate surface area is 113 Å². The van der Waals surface area contributed by atoms with E-state index in [1.807, 2.05) is 0 Å². The topological polar surface area (TPSA) is 12.0 Å². The maximum Gasteiger partial charge on any atom is 0.0208 e. The smallest absolute Gasteiger partial charge is 0.0208 e. The SMILES string of the molecule is Cc1ccccc1C1(CCc2ccsc2)CNC1. The number of nitrogens with one attached hydrogen (secondary N) is 1. The summed E-state index contributed by atoms with van der Waals surface area (Å²) in [5.41, 5.74) is 4.83. The van der Waals surface area contributed by atoms with Gasteiger partial charge in [-0.05, 0) is 53.3 Å². The van der Waals surface area contributed by atoms with E-state index in [2.05, 4.69) is 53.3 Å². The van der Waals surface area contributed by atoms with Gasteiger partial charge in [-0.2, -0.15) is 11.3 Å². The van der Waals surface area contributed by atoms with Crippen molar-refractivity contribution in [2.45, 2.75) is 25.2 Å². The van der Waals surface area contributed by atoms with Crippen LogP contribution in [0.3, 0.4) is 0 Å². The van der Waals surface area contributed by atoms with Crippen LogP contribution in [0, 0.1) is 6.92 Å². The molecular weight excluding hydrogens is 238 g/mol. The van der Waals surface area contributed by atoms with E-state index in [4.69, 9.17) is 0 Å². The Kier molecular flexibility index (Phi) is 3.23. The zero-order valence-electron chi connectivity index (χ0n) is 10.8. The molecule has 94 valence electrons. The summed E-state index contributed by atoms with van der Waals surface area (Å²) in [6.45, 7) is 4.49. The number of rotatable bonds is 4. The highest BCUT2D eigenvalue weighted by Gasteiger charge is 2.38. The molecule has 1 nitrogen and oxygen atoms in total. The van der Waals surface area contributed by atoms with Gasteiger partial charge in [-0.25, -0.2) is 0 Å². The minimum absolute atomic E-state index is 0.368. The summed E-state index contributed by atoms with van der Waals surface area (Å²) in [5, 5.41) is 7.91. The van der Waals surface area contributed by atoms with E-state index in [1.54, 1.807) is 16.9 Å². The monoisotopic (exact) mass is 257 g/mol. The van der Waals surface area contributed by atoms with Crippen LogP contribution in [0.1, 0.15) is 23.1 Å². The molecule has 0 unspecified atom stereocenters. The molecule has 1 aliphatic heterocycles. The van der Waals surface area contributed by atoms with Crippen LogP contribution in [0.15, 0.2) is 41.1 Å². The molecule has 1 aliphatic rings. The second kappa shape index (κ2) is 4.87. The first-order valence-corrected chi connectivity index (χ1v) is 7.52. The molecule has 0 atom stereocenters. The van der Waals surface area contributed by atoms with E-state index in [9.17, 15) is 0 Å². The van der Waals surface area contributed by atoms with Gasteiger partial charge >= 0.3 is 0 Å². The van der Waals surface area contributed by atoms with Crippen LogP contribution in [-0.2, 0) is 11.8 Å². The van der Waals surface area contributed by atoms with Gasteiger partial charge in [-0.3, -0.25) is 0 Å². The first-order valence-electron chi connectivity index (χ1n) is 6.58. The normalized spacial score (nSPS) is 17.4. The molecule has 18 heavy (non-hydrogen) atoms. The van der Waals surface area contributed by atoms with E-state index in [0.29, 0.717) is 5.41 Å². The molecule has 0 spiro atoms. The maximum atomic E-state index is 3.46. The lowest BCUT2D eigenvalue weighted by molar-refractivity contribution is 0.257. The molecule has 0 radical (unpaired) electrons. The Balaban J connectivity index is 1.80. The van der Waals surface area contributed by atoms with E-state index in [-0.39, 0.29) is 0 Å². The van der Waals surface area contributed by atoms with Crippen LogP contribution in [-0.4, -0.2) is 13.1 Å². The van der Waals surface area contributed by atoms with E-state index in [0.717, 1.165) is 13.1 Å². The average Bonchev–Trinajstić information content (AvgIpc) is 2.83. The van der Waals surface area contributed by atoms with Crippen molar-refractivity contribution in [2.75, 3.05) is 13.1 Å². The van der Waals surface area contributed by atoms with Crippen LogP contribution in [0.4, 0.5) is 0 Å². The summed E-state index contributed by atoms with van der Waals surface area (Å²) >= 11 is 1.80. The highest BCUT2D eigenvalue weighted by atomic mass is 32.1. The van der Waals surface area contributed by atoms with Crippen LogP contribution in [0.2, 0.25) is 0 Å². The van der Waals surface area contributed by atoms with Gasteiger partial charge in [0, 0.05) is 18.5 Å². The van der Waals surface area contributed by atoms with Crippen LogP contribution < -0.4 is 5.32 Å². The second-order valence-electron chi connectivity index (χ2n) is 5.33. The number of hydrogen-bond acceptors (Lipinski definition) is 2. The van der Waals surface area contributed by atoms with E-state index >= 15 is 0 Å². The van der Waals surface area contributed by atoms with Gasteiger partial charge in [0.2, 0.25) is 0 Å². The molecule has 2 heteroatoms. The zero-order valence-corrected chi connectivity index (χ0v) is 11.6. The van der Waals surface area contributed by atoms with Crippen molar-refractivity contribution in [3.8, 4) is 0 Å². The molecule has 2 aromatic rings. The Hall–Kier alpha value is -1.12. The van der Waals surface area contributed by atoms with Crippen molar-refractivity contribution in [2.24, 2.45) is 0 Å². The highest BCUT2D eigenvalue weighted by Crippen LogP contribution is 2.35. The fraction of sp³-hybridized carbons (Fsp3) is 0.375. The lowest BCUT2D eigenvalue weighted by Crippen LogP contribution is -2.57. The predicted molar refractivity (Wildman–Crippen MR) is 78.4 cm³/mol. The minimum atomic E-state index is 0.368. The minimum Gasteiger partial charge on any atom is -0.315 e. The largest absolute Gasteiger partial charge is 0.315 e. The van der Waals surface area contributed by atoms with Crippen molar-refractivity contribution in [3.05, 3.63) is 57.8 Å². The molecule has 1 aromatic heterocycles. The zero-order chi connectivity index (χ0) is 12.4. The molecule has 0 aliphatic carbocycles. The van der Waals surface area contributed by atoms with Crippen molar-refractivity contribution >= 4 is 11.3 Å². The van der Waals surface area contributed by atoms with Gasteiger partial charge in [0.25, 0.3) is 0 Å². The van der Waals surface area contributed by atoms with Gasteiger partial charge in [0.1, 0.15) is 0 Å². The van der Waals surface area contributed by atoms with Gasteiger partial charge in [0.05, 0.1) is 0 Å². The lowest BCUT2D eigenvalue weighted by atomic mass is 9.70. The van der Waals surface area contributed by atoms with Gasteiger partial charge < -0.3 is 5.32 Å². The fourth-order valence-electron chi connectivity index (χ4n) is 2.92. The molecule has 1 fully saturated rings. The second-order valence-corrected chi connectivity index (χ2v) is 6.11. The Morgan fingerprint density at radius 2 is 2.06 bits per heavy atom. The van der Waals surface area contributed by atoms with E-state index in [1.165, 1.54) is 24.0 Å². The summed E-state index contributed by atoms with van der Waals surface area (Å²) in [7, 11) is 0. The standard InChI is InChI=1S/C16H19NS/c1-13-4-2-3-5-15(13)16(11-17-12-16)8-6-14-7-9-18-10-14/h2-5,7,9-10,17H,6,8,11-12H2,1H3. The number of hydrogen-bond donors (Lipinski definition) is 1. The van der Waals surface area contributed by atoms with E-state index < -0.39 is 0 Å². The molecule has 1 saturated heterocycles. The third kappa shape index (κ3) is 2.11. The number of aryl methyl sites for hydroxylation is 2. The molecule has 0 saturated carbocycles. The lowest BCUT2D eigenvalue weighted by Gasteiger charge is -2.44. The predicted octanol–water partition coefficient (Wildman–Crippen LogP) is 3.53. The summed E-state index contributed by atoms with van der Waals surface area (Å²) < 4.78 is 0. The van der Waals surface area contributed by atoms with Gasteiger partial charge in [-0.15, -0.1) is 0 Å². The highest BCUT2D eigenvalue weighted by molar-refractivity contribution is 7.07. The van der Waals surface area contributed by atoms with Crippen molar-refractivity contribution in [1.29, 1.82) is 0 Å². The summed E-state index contributed by atoms with van der Waals surface area (Å²) in [6.07, 6.45) is 2.45. The molecular formula is C16H19NS. The molecule has 3 rings (SSSR count). The van der Waals surface area contributed by atoms with Crippen molar-refractivity contribution in [1.82, 2.24) is 5.32 Å². The molecule has 0 bridgehead atoms. The third-order valence-electron chi connectivity index (χ3n) is 4.12. The number of benzene rings is 1. The summed E-state index contributed by atoms with van der Waals surface area (Å²) in [6, 6.07) is 11.1. The molecule has 2 heterocycles. The van der Waals surface area contributed by atoms with Crippen molar-refractivity contribution < 1.29 is 0 Å². The summed E-state index contributed by atoms with van der Waals surface area (Å²) in [4.78, 5) is 0. The fourth-order valence-corrected chi connectivity index (χ4v) is 3.62. The molecule has 1 N–H and O–H groups in total. The quantitative estimate of drug-likeness (QED) is 0.883. The number of thiophene rings is 1. The molecule has 0 amide bonds.